The number of hydrogen-bond acceptors (Lipinski definition) is 2. The summed E-state index contributed by atoms with van der Waals surface area (Å²) in [6.07, 6.45) is 0. The van der Waals surface area contributed by atoms with Crippen molar-refractivity contribution in [3.63, 3.8) is 0 Å². The van der Waals surface area contributed by atoms with Gasteiger partial charge in [-0.2, -0.15) is 0 Å². The molecule has 1 heterocycles. The number of fused-ring (bicyclic) bond motifs is 1. The van der Waals surface area contributed by atoms with Crippen LogP contribution in [0.3, 0.4) is 0 Å². The lowest BCUT2D eigenvalue weighted by atomic mass is 10.2. The third-order valence-electron chi connectivity index (χ3n) is 2.55. The van der Waals surface area contributed by atoms with Crippen molar-refractivity contribution in [2.24, 2.45) is 0 Å². The Balaban J connectivity index is 2.26. The zero-order valence-corrected chi connectivity index (χ0v) is 9.53. The minimum atomic E-state index is -1.12. The van der Waals surface area contributed by atoms with Crippen molar-refractivity contribution >= 4 is 22.8 Å². The van der Waals surface area contributed by atoms with Crippen LogP contribution in [-0.2, 0) is 4.79 Å². The van der Waals surface area contributed by atoms with E-state index in [0.29, 0.717) is 10.9 Å². The van der Waals surface area contributed by atoms with Gasteiger partial charge in [-0.25, -0.2) is 4.39 Å². The largest absolute Gasteiger partial charge is 0.480 e. The SMILES string of the molecule is C[C@H](NC(=O)c1cc2cc(F)ccc2[nH]1)C(=O)O. The Bertz CT molecular complexity index is 621. The molecule has 0 unspecified atom stereocenters. The number of carbonyl (C=O) groups is 2. The normalized spacial score (nSPS) is 12.3. The van der Waals surface area contributed by atoms with Gasteiger partial charge in [-0.05, 0) is 31.2 Å². The van der Waals surface area contributed by atoms with Gasteiger partial charge in [0, 0.05) is 10.9 Å². The Morgan fingerprint density at radius 3 is 2.78 bits per heavy atom. The molecule has 94 valence electrons. The maximum Gasteiger partial charge on any atom is 0.325 e. The highest BCUT2D eigenvalue weighted by Crippen LogP contribution is 2.16. The van der Waals surface area contributed by atoms with Gasteiger partial charge in [0.25, 0.3) is 5.91 Å². The van der Waals surface area contributed by atoms with Gasteiger partial charge in [0.15, 0.2) is 0 Å². The second-order valence-corrected chi connectivity index (χ2v) is 3.95. The van der Waals surface area contributed by atoms with Crippen molar-refractivity contribution in [2.45, 2.75) is 13.0 Å². The Morgan fingerprint density at radius 2 is 2.11 bits per heavy atom. The molecule has 18 heavy (non-hydrogen) atoms. The van der Waals surface area contributed by atoms with Crippen LogP contribution < -0.4 is 5.32 Å². The quantitative estimate of drug-likeness (QED) is 0.772. The van der Waals surface area contributed by atoms with Gasteiger partial charge in [-0.3, -0.25) is 9.59 Å². The second-order valence-electron chi connectivity index (χ2n) is 3.95. The third-order valence-corrected chi connectivity index (χ3v) is 2.55. The Kier molecular flexibility index (Phi) is 3.01. The molecule has 1 amide bonds. The fraction of sp³-hybridized carbons (Fsp3) is 0.167. The number of carboxylic acid groups (broad SMARTS) is 1. The molecular weight excluding hydrogens is 239 g/mol. The molecule has 1 aromatic heterocycles. The first kappa shape index (κ1) is 12.1. The number of aromatic amines is 1. The summed E-state index contributed by atoms with van der Waals surface area (Å²) in [5.41, 5.74) is 0.813. The number of carboxylic acids is 1. The van der Waals surface area contributed by atoms with Crippen molar-refractivity contribution in [3.8, 4) is 0 Å². The third kappa shape index (κ3) is 2.32. The fourth-order valence-corrected chi connectivity index (χ4v) is 1.56. The fourth-order valence-electron chi connectivity index (χ4n) is 1.56. The van der Waals surface area contributed by atoms with Crippen LogP contribution in [0.4, 0.5) is 4.39 Å². The van der Waals surface area contributed by atoms with E-state index < -0.39 is 23.7 Å². The lowest BCUT2D eigenvalue weighted by molar-refractivity contribution is -0.138. The van der Waals surface area contributed by atoms with Crippen LogP contribution in [0.2, 0.25) is 0 Å². The molecule has 0 saturated heterocycles. The number of hydrogen-bond donors (Lipinski definition) is 3. The van der Waals surface area contributed by atoms with Crippen molar-refractivity contribution in [1.82, 2.24) is 10.3 Å². The van der Waals surface area contributed by atoms with Crippen LogP contribution in [0.15, 0.2) is 24.3 Å². The molecule has 0 saturated carbocycles. The summed E-state index contributed by atoms with van der Waals surface area (Å²) in [5, 5.41) is 11.5. The van der Waals surface area contributed by atoms with Crippen LogP contribution in [0, 0.1) is 5.82 Å². The Labute approximate surface area is 102 Å². The van der Waals surface area contributed by atoms with Crippen molar-refractivity contribution in [2.75, 3.05) is 0 Å². The second kappa shape index (κ2) is 4.48. The number of aliphatic carboxylic acids is 1. The smallest absolute Gasteiger partial charge is 0.325 e. The van der Waals surface area contributed by atoms with E-state index in [9.17, 15) is 14.0 Å². The minimum absolute atomic E-state index is 0.198. The average Bonchev–Trinajstić information content (AvgIpc) is 2.71. The van der Waals surface area contributed by atoms with Crippen LogP contribution in [0.25, 0.3) is 10.9 Å². The number of benzene rings is 1. The number of carbonyl (C=O) groups excluding carboxylic acids is 1. The zero-order valence-electron chi connectivity index (χ0n) is 9.53. The molecule has 2 aromatic rings. The predicted molar refractivity (Wildman–Crippen MR) is 62.8 cm³/mol. The molecular formula is C12H11FN2O3. The molecule has 0 aliphatic rings. The molecule has 3 N–H and O–H groups in total. The molecule has 2 rings (SSSR count). The topological polar surface area (TPSA) is 82.2 Å². The van der Waals surface area contributed by atoms with Gasteiger partial charge < -0.3 is 15.4 Å². The van der Waals surface area contributed by atoms with Gasteiger partial charge in [-0.15, -0.1) is 0 Å². The first-order chi connectivity index (χ1) is 8.47. The summed E-state index contributed by atoms with van der Waals surface area (Å²) < 4.78 is 13.0. The molecule has 1 aromatic carbocycles. The van der Waals surface area contributed by atoms with Gasteiger partial charge >= 0.3 is 5.97 Å². The van der Waals surface area contributed by atoms with E-state index in [-0.39, 0.29) is 5.69 Å². The lowest BCUT2D eigenvalue weighted by Gasteiger charge is -2.07. The van der Waals surface area contributed by atoms with E-state index in [1.165, 1.54) is 31.2 Å². The van der Waals surface area contributed by atoms with Crippen molar-refractivity contribution in [3.05, 3.63) is 35.8 Å². The van der Waals surface area contributed by atoms with Crippen LogP contribution in [-0.4, -0.2) is 28.0 Å². The van der Waals surface area contributed by atoms with E-state index >= 15 is 0 Å². The molecule has 0 aliphatic carbocycles. The summed E-state index contributed by atoms with van der Waals surface area (Å²) in [6, 6.07) is 4.58. The van der Waals surface area contributed by atoms with Gasteiger partial charge in [0.05, 0.1) is 0 Å². The molecule has 5 nitrogen and oxygen atoms in total. The van der Waals surface area contributed by atoms with Crippen molar-refractivity contribution < 1.29 is 19.1 Å². The summed E-state index contributed by atoms with van der Waals surface area (Å²) in [7, 11) is 0. The maximum absolute atomic E-state index is 13.0. The van der Waals surface area contributed by atoms with E-state index in [0.717, 1.165) is 0 Å². The number of halogens is 1. The average molecular weight is 250 g/mol. The van der Waals surface area contributed by atoms with Gasteiger partial charge in [0.2, 0.25) is 0 Å². The highest BCUT2D eigenvalue weighted by molar-refractivity contribution is 5.99. The lowest BCUT2D eigenvalue weighted by Crippen LogP contribution is -2.38. The number of rotatable bonds is 3. The summed E-state index contributed by atoms with van der Waals surface area (Å²) in [5.74, 6) is -2.06. The monoisotopic (exact) mass is 250 g/mol. The van der Waals surface area contributed by atoms with Crippen LogP contribution >= 0.6 is 0 Å². The molecule has 6 heteroatoms. The van der Waals surface area contributed by atoms with E-state index in [1.807, 2.05) is 0 Å². The first-order valence-corrected chi connectivity index (χ1v) is 5.29. The summed E-state index contributed by atoms with van der Waals surface area (Å²) >= 11 is 0. The summed E-state index contributed by atoms with van der Waals surface area (Å²) in [4.78, 5) is 25.1. The standard InChI is InChI=1S/C12H11FN2O3/c1-6(12(17)18)14-11(16)10-5-7-4-8(13)2-3-9(7)15-10/h2-6,15H,1H3,(H,14,16)(H,17,18)/t6-/m0/s1. The first-order valence-electron chi connectivity index (χ1n) is 5.29. The predicted octanol–water partition coefficient (Wildman–Crippen LogP) is 1.51. The Morgan fingerprint density at radius 1 is 1.39 bits per heavy atom. The van der Waals surface area contributed by atoms with Crippen LogP contribution in [0.5, 0.6) is 0 Å². The number of aromatic nitrogens is 1. The highest BCUT2D eigenvalue weighted by Gasteiger charge is 2.16. The number of nitrogens with one attached hydrogen (secondary N) is 2. The van der Waals surface area contributed by atoms with E-state index in [1.54, 1.807) is 0 Å². The molecule has 0 aliphatic heterocycles. The molecule has 0 spiro atoms. The molecule has 0 fully saturated rings. The van der Waals surface area contributed by atoms with Crippen molar-refractivity contribution in [1.29, 1.82) is 0 Å². The summed E-state index contributed by atoms with van der Waals surface area (Å²) in [6.45, 7) is 1.36. The van der Waals surface area contributed by atoms with Crippen LogP contribution in [0.1, 0.15) is 17.4 Å². The zero-order chi connectivity index (χ0) is 13.3. The van der Waals surface area contributed by atoms with E-state index in [4.69, 9.17) is 5.11 Å². The minimum Gasteiger partial charge on any atom is -0.480 e. The van der Waals surface area contributed by atoms with Gasteiger partial charge in [-0.1, -0.05) is 0 Å². The maximum atomic E-state index is 13.0. The number of amides is 1. The molecule has 1 atom stereocenters. The van der Waals surface area contributed by atoms with E-state index in [2.05, 4.69) is 10.3 Å². The molecule has 0 bridgehead atoms. The van der Waals surface area contributed by atoms with Gasteiger partial charge in [0.1, 0.15) is 17.6 Å². The molecule has 0 radical (unpaired) electrons. The Hall–Kier alpha value is -2.37. The number of H-pyrrole nitrogens is 1. The highest BCUT2D eigenvalue weighted by atomic mass is 19.1.